The van der Waals surface area contributed by atoms with Crippen LogP contribution in [0.15, 0.2) is 35.1 Å². The van der Waals surface area contributed by atoms with Gasteiger partial charge in [-0.1, -0.05) is 25.1 Å². The van der Waals surface area contributed by atoms with Crippen LogP contribution in [0, 0.1) is 11.8 Å². The van der Waals surface area contributed by atoms with Crippen LogP contribution >= 0.6 is 0 Å². The SMILES string of the molecule is C[C@H]1c2ccc(C3=CCCC3)c(O)c2C(O)=C2C(=O)[C@]3(O)C(O)=C(C(N)=O)C(=O)[C@@H](N(C)C)C3[C@@H](O)C21. The maximum atomic E-state index is 14.0. The smallest absolute Gasteiger partial charge is 0.255 e. The Kier molecular flexibility index (Phi) is 5.63. The number of allylic oxidation sites excluding steroid dienone is 2. The number of amides is 1. The average molecular weight is 511 g/mol. The van der Waals surface area contributed by atoms with E-state index in [0.717, 1.165) is 24.8 Å². The van der Waals surface area contributed by atoms with E-state index in [-0.39, 0.29) is 16.9 Å². The first-order valence-electron chi connectivity index (χ1n) is 12.2. The molecule has 4 aliphatic carbocycles. The van der Waals surface area contributed by atoms with Crippen molar-refractivity contribution < 1.29 is 39.9 Å². The van der Waals surface area contributed by atoms with Gasteiger partial charge in [-0.2, -0.15) is 0 Å². The van der Waals surface area contributed by atoms with Crippen LogP contribution in [-0.2, 0) is 14.4 Å². The van der Waals surface area contributed by atoms with E-state index in [0.29, 0.717) is 11.1 Å². The van der Waals surface area contributed by atoms with Gasteiger partial charge in [-0.25, -0.2) is 0 Å². The van der Waals surface area contributed by atoms with Crippen LogP contribution < -0.4 is 5.73 Å². The summed E-state index contributed by atoms with van der Waals surface area (Å²) in [4.78, 5) is 40.6. The number of aliphatic hydroxyl groups is 4. The topological polar surface area (TPSA) is 182 Å². The summed E-state index contributed by atoms with van der Waals surface area (Å²) in [6.07, 6.45) is 2.93. The van der Waals surface area contributed by atoms with Gasteiger partial charge in [0.25, 0.3) is 5.91 Å². The molecule has 1 aromatic carbocycles. The molecule has 0 aliphatic heterocycles. The lowest BCUT2D eigenvalue weighted by Crippen LogP contribution is -2.70. The Morgan fingerprint density at radius 3 is 2.41 bits per heavy atom. The van der Waals surface area contributed by atoms with Crippen molar-refractivity contribution in [3.63, 3.8) is 0 Å². The number of nitrogens with two attached hydrogens (primary N) is 1. The van der Waals surface area contributed by atoms with Crippen molar-refractivity contribution in [1.82, 2.24) is 4.90 Å². The predicted molar refractivity (Wildman–Crippen MR) is 132 cm³/mol. The predicted octanol–water partition coefficient (Wildman–Crippen LogP) is 1.06. The molecule has 6 atom stereocenters. The van der Waals surface area contributed by atoms with Crippen molar-refractivity contribution in [2.45, 2.75) is 49.9 Å². The third kappa shape index (κ3) is 3.12. The number of Topliss-reactive ketones (excluding diaryl/α,β-unsaturated/α-hetero) is 2. The number of likely N-dealkylation sites (N-methyl/N-ethyl adjacent to an activating group) is 1. The maximum Gasteiger partial charge on any atom is 0.255 e. The second kappa shape index (κ2) is 8.27. The molecule has 1 aromatic rings. The lowest BCUT2D eigenvalue weighted by molar-refractivity contribution is -0.169. The molecule has 10 nitrogen and oxygen atoms in total. The fourth-order valence-corrected chi connectivity index (χ4v) is 6.79. The van der Waals surface area contributed by atoms with Crippen molar-refractivity contribution in [3.05, 3.63) is 51.8 Å². The first kappa shape index (κ1) is 25.2. The van der Waals surface area contributed by atoms with Crippen molar-refractivity contribution in [2.24, 2.45) is 17.6 Å². The molecule has 0 aromatic heterocycles. The molecule has 2 unspecified atom stereocenters. The fraction of sp³-hybridized carbons (Fsp3) is 0.444. The summed E-state index contributed by atoms with van der Waals surface area (Å²) >= 11 is 0. The summed E-state index contributed by atoms with van der Waals surface area (Å²) in [5.74, 6) is -8.77. The van der Waals surface area contributed by atoms with Crippen LogP contribution in [0.3, 0.4) is 0 Å². The Hall–Kier alpha value is -3.47. The van der Waals surface area contributed by atoms with Gasteiger partial charge in [0.05, 0.1) is 23.6 Å². The van der Waals surface area contributed by atoms with E-state index in [2.05, 4.69) is 0 Å². The molecule has 1 saturated carbocycles. The van der Waals surface area contributed by atoms with Gasteiger partial charge in [0.2, 0.25) is 5.78 Å². The normalized spacial score (nSPS) is 33.4. The van der Waals surface area contributed by atoms with Gasteiger partial charge < -0.3 is 31.3 Å². The summed E-state index contributed by atoms with van der Waals surface area (Å²) in [7, 11) is 2.95. The highest BCUT2D eigenvalue weighted by atomic mass is 16.4. The molecular formula is C27H30N2O8. The van der Waals surface area contributed by atoms with Crippen LogP contribution in [0.5, 0.6) is 5.75 Å². The van der Waals surface area contributed by atoms with E-state index in [1.807, 2.05) is 6.08 Å². The molecule has 196 valence electrons. The zero-order valence-electron chi connectivity index (χ0n) is 20.7. The lowest BCUT2D eigenvalue weighted by atomic mass is 9.54. The molecule has 7 N–H and O–H groups in total. The number of phenols is 1. The van der Waals surface area contributed by atoms with Gasteiger partial charge in [-0.05, 0) is 50.4 Å². The molecule has 0 spiro atoms. The van der Waals surface area contributed by atoms with Crippen LogP contribution in [0.2, 0.25) is 0 Å². The number of benzene rings is 1. The minimum atomic E-state index is -2.91. The fourth-order valence-electron chi connectivity index (χ4n) is 6.79. The molecule has 37 heavy (non-hydrogen) atoms. The summed E-state index contributed by atoms with van der Waals surface area (Å²) in [5, 5.41) is 56.9. The highest BCUT2D eigenvalue weighted by molar-refractivity contribution is 6.24. The van der Waals surface area contributed by atoms with Gasteiger partial charge in [0.15, 0.2) is 11.4 Å². The Bertz CT molecular complexity index is 1360. The van der Waals surface area contributed by atoms with Crippen molar-refractivity contribution in [3.8, 4) is 5.75 Å². The summed E-state index contributed by atoms with van der Waals surface area (Å²) in [6, 6.07) is 2.11. The van der Waals surface area contributed by atoms with Crippen LogP contribution in [-0.4, -0.2) is 79.7 Å². The third-order valence-electron chi connectivity index (χ3n) is 8.52. The number of rotatable bonds is 3. The van der Waals surface area contributed by atoms with Crippen molar-refractivity contribution in [2.75, 3.05) is 14.1 Å². The van der Waals surface area contributed by atoms with Crippen molar-refractivity contribution >= 4 is 28.8 Å². The van der Waals surface area contributed by atoms with E-state index in [4.69, 9.17) is 5.73 Å². The number of carbonyl (C=O) groups is 3. The molecule has 10 heteroatoms. The summed E-state index contributed by atoms with van der Waals surface area (Å²) in [5.41, 5.74) is 3.03. The number of aliphatic hydroxyl groups excluding tert-OH is 3. The van der Waals surface area contributed by atoms with Crippen molar-refractivity contribution in [1.29, 1.82) is 0 Å². The molecule has 0 radical (unpaired) electrons. The molecule has 4 aliphatic rings. The number of phenolic OH excluding ortho intramolecular Hbond substituents is 1. The summed E-state index contributed by atoms with van der Waals surface area (Å²) in [6.45, 7) is 1.71. The first-order chi connectivity index (χ1) is 17.3. The first-order valence-corrected chi connectivity index (χ1v) is 12.2. The van der Waals surface area contributed by atoms with Gasteiger partial charge in [-0.3, -0.25) is 19.3 Å². The molecule has 1 amide bonds. The van der Waals surface area contributed by atoms with E-state index in [1.165, 1.54) is 19.0 Å². The number of primary amides is 1. The minimum Gasteiger partial charge on any atom is -0.508 e. The van der Waals surface area contributed by atoms with E-state index < -0.39 is 70.1 Å². The highest BCUT2D eigenvalue weighted by Crippen LogP contribution is 2.56. The number of aromatic hydroxyl groups is 1. The number of fused-ring (bicyclic) bond motifs is 3. The Morgan fingerprint density at radius 1 is 1.16 bits per heavy atom. The van der Waals surface area contributed by atoms with Crippen LogP contribution in [0.4, 0.5) is 0 Å². The average Bonchev–Trinajstić information content (AvgIpc) is 3.35. The second-order valence-electron chi connectivity index (χ2n) is 10.6. The monoisotopic (exact) mass is 510 g/mol. The molecule has 1 fully saturated rings. The Morgan fingerprint density at radius 2 is 1.84 bits per heavy atom. The Labute approximate surface area is 213 Å². The van der Waals surface area contributed by atoms with Crippen LogP contribution in [0.25, 0.3) is 11.3 Å². The van der Waals surface area contributed by atoms with Gasteiger partial charge >= 0.3 is 0 Å². The zero-order chi connectivity index (χ0) is 27.1. The highest BCUT2D eigenvalue weighted by Gasteiger charge is 2.68. The van der Waals surface area contributed by atoms with E-state index in [1.54, 1.807) is 19.1 Å². The quantitative estimate of drug-likeness (QED) is 0.324. The number of nitrogens with zero attached hydrogens (tertiary/aromatic N) is 1. The third-order valence-corrected chi connectivity index (χ3v) is 8.52. The molecule has 0 heterocycles. The molecule has 0 bridgehead atoms. The zero-order valence-corrected chi connectivity index (χ0v) is 20.7. The number of hydrogen-bond donors (Lipinski definition) is 6. The Balaban J connectivity index is 1.78. The molecule has 5 rings (SSSR count). The standard InChI is InChI=1S/C27H30N2O8/c1-10-12-8-9-13(11-6-4-5-7-11)20(30)15(12)21(31)16-14(10)22(32)18-19(29(2)3)23(33)17(26(28)36)25(35)27(18,37)24(16)34/h6,8-10,14,18-19,22,30-32,35,37H,4-5,7H2,1-3H3,(H2,28,36)/t10-,14?,18?,19-,22-,27-/m0/s1. The lowest BCUT2D eigenvalue weighted by Gasteiger charge is -2.53. The molecular weight excluding hydrogens is 480 g/mol. The van der Waals surface area contributed by atoms with Gasteiger partial charge in [0.1, 0.15) is 22.8 Å². The van der Waals surface area contributed by atoms with Gasteiger partial charge in [0, 0.05) is 17.1 Å². The maximum absolute atomic E-state index is 14.0. The van der Waals surface area contributed by atoms with E-state index in [9.17, 15) is 39.9 Å². The second-order valence-corrected chi connectivity index (χ2v) is 10.6. The minimum absolute atomic E-state index is 0.0151. The summed E-state index contributed by atoms with van der Waals surface area (Å²) < 4.78 is 0. The van der Waals surface area contributed by atoms with Crippen LogP contribution in [0.1, 0.15) is 48.8 Å². The number of ketones is 2. The van der Waals surface area contributed by atoms with E-state index >= 15 is 0 Å². The number of carbonyl (C=O) groups excluding carboxylic acids is 3. The largest absolute Gasteiger partial charge is 0.508 e. The molecule has 0 saturated heterocycles. The number of hydrogen-bond acceptors (Lipinski definition) is 9. The van der Waals surface area contributed by atoms with Gasteiger partial charge in [-0.15, -0.1) is 0 Å².